The molecule has 1 unspecified atom stereocenters. The lowest BCUT2D eigenvalue weighted by Gasteiger charge is -2.14. The van der Waals surface area contributed by atoms with E-state index in [4.69, 9.17) is 15.6 Å². The quantitative estimate of drug-likeness (QED) is 0.624. The molecule has 0 aliphatic carbocycles. The van der Waals surface area contributed by atoms with Crippen molar-refractivity contribution in [2.75, 3.05) is 25.5 Å². The van der Waals surface area contributed by atoms with E-state index in [1.165, 1.54) is 5.56 Å². The first-order valence-corrected chi connectivity index (χ1v) is 6.02. The van der Waals surface area contributed by atoms with Crippen LogP contribution in [0.5, 0.6) is 5.75 Å². The van der Waals surface area contributed by atoms with Crippen molar-refractivity contribution in [2.24, 2.45) is 0 Å². The van der Waals surface area contributed by atoms with E-state index in [0.29, 0.717) is 24.9 Å². The Kier molecular flexibility index (Phi) is 5.80. The molecule has 0 aromatic heterocycles. The molecule has 1 aromatic rings. The summed E-state index contributed by atoms with van der Waals surface area (Å²) in [6.45, 7) is 5.43. The van der Waals surface area contributed by atoms with E-state index in [2.05, 4.69) is 12.2 Å². The van der Waals surface area contributed by atoms with Gasteiger partial charge in [0.25, 0.3) is 0 Å². The van der Waals surface area contributed by atoms with E-state index in [0.717, 1.165) is 12.2 Å². The Morgan fingerprint density at radius 2 is 2.24 bits per heavy atom. The maximum Gasteiger partial charge on any atom is 0.142 e. The number of rotatable bonds is 7. The van der Waals surface area contributed by atoms with Crippen LogP contribution in [0.1, 0.15) is 19.4 Å². The largest absolute Gasteiger partial charge is 0.492 e. The number of hydrogen-bond acceptors (Lipinski definition) is 4. The smallest absolute Gasteiger partial charge is 0.142 e. The van der Waals surface area contributed by atoms with Crippen molar-refractivity contribution >= 4 is 5.69 Å². The maximum atomic E-state index is 8.72. The summed E-state index contributed by atoms with van der Waals surface area (Å²) in [5.41, 5.74) is 7.75. The topological polar surface area (TPSA) is 67.5 Å². The van der Waals surface area contributed by atoms with Crippen molar-refractivity contribution in [2.45, 2.75) is 26.3 Å². The molecule has 1 aromatic carbocycles. The third-order valence-corrected chi connectivity index (χ3v) is 2.52. The molecule has 4 heteroatoms. The number of aliphatic hydroxyl groups is 1. The summed E-state index contributed by atoms with van der Waals surface area (Å²) in [7, 11) is 0. The lowest BCUT2D eigenvalue weighted by molar-refractivity contribution is 0.285. The summed E-state index contributed by atoms with van der Waals surface area (Å²) in [5.74, 6) is 0.743. The van der Waals surface area contributed by atoms with Crippen molar-refractivity contribution in [3.8, 4) is 5.75 Å². The predicted octanol–water partition coefficient (Wildman–Crippen LogP) is 1.18. The van der Waals surface area contributed by atoms with Gasteiger partial charge in [-0.15, -0.1) is 0 Å². The van der Waals surface area contributed by atoms with Gasteiger partial charge in [0.15, 0.2) is 0 Å². The zero-order chi connectivity index (χ0) is 12.7. The average molecular weight is 238 g/mol. The normalized spacial score (nSPS) is 12.4. The number of nitrogen functional groups attached to an aromatic ring is 1. The zero-order valence-electron chi connectivity index (χ0n) is 10.6. The summed E-state index contributed by atoms with van der Waals surface area (Å²) >= 11 is 0. The highest BCUT2D eigenvalue weighted by molar-refractivity contribution is 5.54. The number of benzene rings is 1. The molecule has 0 radical (unpaired) electrons. The van der Waals surface area contributed by atoms with Crippen LogP contribution in [0.3, 0.4) is 0 Å². The fourth-order valence-electron chi connectivity index (χ4n) is 1.75. The molecule has 0 saturated carbocycles. The van der Waals surface area contributed by atoms with Crippen LogP contribution in [0.4, 0.5) is 5.69 Å². The van der Waals surface area contributed by atoms with Crippen LogP contribution in [-0.2, 0) is 6.42 Å². The Morgan fingerprint density at radius 3 is 2.82 bits per heavy atom. The van der Waals surface area contributed by atoms with Crippen LogP contribution in [0, 0.1) is 0 Å². The van der Waals surface area contributed by atoms with E-state index in [-0.39, 0.29) is 6.61 Å². The van der Waals surface area contributed by atoms with Crippen LogP contribution in [-0.4, -0.2) is 30.9 Å². The van der Waals surface area contributed by atoms with Gasteiger partial charge in [-0.25, -0.2) is 0 Å². The predicted molar refractivity (Wildman–Crippen MR) is 70.3 cm³/mol. The average Bonchev–Trinajstić information content (AvgIpc) is 2.30. The molecule has 17 heavy (non-hydrogen) atoms. The summed E-state index contributed by atoms with van der Waals surface area (Å²) in [5, 5.41) is 11.9. The lowest BCUT2D eigenvalue weighted by atomic mass is 10.1. The zero-order valence-corrected chi connectivity index (χ0v) is 10.6. The summed E-state index contributed by atoms with van der Waals surface area (Å²) in [4.78, 5) is 0. The molecular weight excluding hydrogens is 216 g/mol. The molecule has 1 atom stereocenters. The Hall–Kier alpha value is -1.26. The van der Waals surface area contributed by atoms with Crippen LogP contribution in [0.25, 0.3) is 0 Å². The number of hydrogen-bond donors (Lipinski definition) is 3. The third-order valence-electron chi connectivity index (χ3n) is 2.52. The van der Waals surface area contributed by atoms with Gasteiger partial charge in [0.1, 0.15) is 5.75 Å². The molecule has 0 amide bonds. The van der Waals surface area contributed by atoms with E-state index in [1.54, 1.807) is 0 Å². The SMILES string of the molecule is CCOc1ccc(CC(C)NCCO)cc1N. The van der Waals surface area contributed by atoms with Gasteiger partial charge < -0.3 is 20.9 Å². The minimum Gasteiger partial charge on any atom is -0.492 e. The second kappa shape index (κ2) is 7.14. The minimum atomic E-state index is 0.162. The lowest BCUT2D eigenvalue weighted by Crippen LogP contribution is -2.30. The molecule has 0 aliphatic rings. The van der Waals surface area contributed by atoms with Gasteiger partial charge in [-0.1, -0.05) is 6.07 Å². The summed E-state index contributed by atoms with van der Waals surface area (Å²) < 4.78 is 5.39. The number of ether oxygens (including phenoxy) is 1. The van der Waals surface area contributed by atoms with Crippen molar-refractivity contribution < 1.29 is 9.84 Å². The Labute approximate surface area is 103 Å². The van der Waals surface area contributed by atoms with Gasteiger partial charge in [-0.3, -0.25) is 0 Å². The molecule has 0 spiro atoms. The second-order valence-corrected chi connectivity index (χ2v) is 4.09. The molecule has 96 valence electrons. The van der Waals surface area contributed by atoms with Crippen molar-refractivity contribution in [3.05, 3.63) is 23.8 Å². The van der Waals surface area contributed by atoms with Gasteiger partial charge >= 0.3 is 0 Å². The second-order valence-electron chi connectivity index (χ2n) is 4.09. The Balaban J connectivity index is 2.57. The first kappa shape index (κ1) is 13.8. The molecular formula is C13H22N2O2. The van der Waals surface area contributed by atoms with E-state index in [1.807, 2.05) is 25.1 Å². The standard InChI is InChI=1S/C13H22N2O2/c1-3-17-13-5-4-11(9-12(13)14)8-10(2)15-6-7-16/h4-5,9-10,15-16H,3,6-8,14H2,1-2H3. The van der Waals surface area contributed by atoms with E-state index < -0.39 is 0 Å². The van der Waals surface area contributed by atoms with Gasteiger partial charge in [0, 0.05) is 12.6 Å². The van der Waals surface area contributed by atoms with Crippen LogP contribution < -0.4 is 15.8 Å². The summed E-state index contributed by atoms with van der Waals surface area (Å²) in [6, 6.07) is 6.20. The first-order valence-electron chi connectivity index (χ1n) is 6.02. The van der Waals surface area contributed by atoms with Gasteiger partial charge in [-0.2, -0.15) is 0 Å². The van der Waals surface area contributed by atoms with Crippen molar-refractivity contribution in [3.63, 3.8) is 0 Å². The Bertz CT molecular complexity index is 342. The van der Waals surface area contributed by atoms with Gasteiger partial charge in [0.05, 0.1) is 18.9 Å². The molecule has 0 saturated heterocycles. The fourth-order valence-corrected chi connectivity index (χ4v) is 1.75. The molecule has 1 rings (SSSR count). The van der Waals surface area contributed by atoms with Crippen molar-refractivity contribution in [1.29, 1.82) is 0 Å². The van der Waals surface area contributed by atoms with Crippen molar-refractivity contribution in [1.82, 2.24) is 5.32 Å². The Morgan fingerprint density at radius 1 is 1.47 bits per heavy atom. The van der Waals surface area contributed by atoms with E-state index >= 15 is 0 Å². The summed E-state index contributed by atoms with van der Waals surface area (Å²) in [6.07, 6.45) is 0.886. The number of aliphatic hydroxyl groups excluding tert-OH is 1. The molecule has 4 N–H and O–H groups in total. The highest BCUT2D eigenvalue weighted by atomic mass is 16.5. The van der Waals surface area contributed by atoms with Crippen LogP contribution >= 0.6 is 0 Å². The monoisotopic (exact) mass is 238 g/mol. The molecule has 0 heterocycles. The number of nitrogens with two attached hydrogens (primary N) is 1. The van der Waals surface area contributed by atoms with Gasteiger partial charge in [0.2, 0.25) is 0 Å². The molecule has 0 aliphatic heterocycles. The number of nitrogens with one attached hydrogen (secondary N) is 1. The van der Waals surface area contributed by atoms with Crippen LogP contribution in [0.2, 0.25) is 0 Å². The molecule has 4 nitrogen and oxygen atoms in total. The van der Waals surface area contributed by atoms with Gasteiger partial charge in [-0.05, 0) is 38.0 Å². The third kappa shape index (κ3) is 4.63. The minimum absolute atomic E-state index is 0.162. The van der Waals surface area contributed by atoms with E-state index in [9.17, 15) is 0 Å². The fraction of sp³-hybridized carbons (Fsp3) is 0.538. The first-order chi connectivity index (χ1) is 8.17. The number of anilines is 1. The maximum absolute atomic E-state index is 8.72. The molecule has 0 fully saturated rings. The highest BCUT2D eigenvalue weighted by Crippen LogP contribution is 2.23. The van der Waals surface area contributed by atoms with Crippen LogP contribution in [0.15, 0.2) is 18.2 Å². The highest BCUT2D eigenvalue weighted by Gasteiger charge is 2.05. The molecule has 0 bridgehead atoms.